The van der Waals surface area contributed by atoms with Crippen molar-refractivity contribution in [1.29, 1.82) is 0 Å². The predicted molar refractivity (Wildman–Crippen MR) is 228 cm³/mol. The monoisotopic (exact) mass is 851 g/mol. The van der Waals surface area contributed by atoms with E-state index in [1.807, 2.05) is 68.6 Å². The minimum Gasteiger partial charge on any atom is -0.371 e. The second-order valence-electron chi connectivity index (χ2n) is 13.9. The highest BCUT2D eigenvalue weighted by molar-refractivity contribution is 8.04. The molecular weight excluding hydrogens is 811 g/mol. The average Bonchev–Trinajstić information content (AvgIpc) is 3.48. The predicted octanol–water partition coefficient (Wildman–Crippen LogP) is 10.2. The molecule has 1 saturated heterocycles. The molecule has 1 aliphatic heterocycles. The van der Waals surface area contributed by atoms with Gasteiger partial charge in [-0.15, -0.1) is 0 Å². The van der Waals surface area contributed by atoms with Crippen molar-refractivity contribution in [3.8, 4) is 11.3 Å². The number of sulfone groups is 1. The zero-order chi connectivity index (χ0) is 40.3. The summed E-state index contributed by atoms with van der Waals surface area (Å²) in [6.07, 6.45) is 10.1. The summed E-state index contributed by atoms with van der Waals surface area (Å²) in [6.45, 7) is 5.25. The Hall–Kier alpha value is -4.34. The van der Waals surface area contributed by atoms with E-state index >= 15 is 0 Å². The number of allylic oxidation sites excluding steroid dienone is 5. The summed E-state index contributed by atoms with van der Waals surface area (Å²) in [5, 5.41) is 0.656. The molecule has 0 saturated carbocycles. The maximum absolute atomic E-state index is 13.7. The number of aldehydes is 1. The molecule has 3 aromatic carbocycles. The van der Waals surface area contributed by atoms with E-state index in [1.54, 1.807) is 30.3 Å². The van der Waals surface area contributed by atoms with Crippen LogP contribution in [0.1, 0.15) is 40.9 Å². The molecule has 7 rings (SSSR count). The highest BCUT2D eigenvalue weighted by Gasteiger charge is 2.50. The number of hydrogen-bond donors (Lipinski definition) is 2. The van der Waals surface area contributed by atoms with Gasteiger partial charge >= 0.3 is 5.51 Å². The molecule has 3 aliphatic rings. The number of nitrogens with one attached hydrogen (secondary N) is 2. The van der Waals surface area contributed by atoms with Crippen molar-refractivity contribution in [2.75, 3.05) is 35.8 Å². The number of carbonyl (C=O) groups excluding carboxylic acids is 1. The van der Waals surface area contributed by atoms with Crippen LogP contribution in [-0.2, 0) is 16.9 Å². The molecule has 8 nitrogen and oxygen atoms in total. The minimum absolute atomic E-state index is 0.0700. The van der Waals surface area contributed by atoms with Crippen LogP contribution < -0.4 is 14.3 Å². The summed E-state index contributed by atoms with van der Waals surface area (Å²) in [4.78, 5) is 17.6. The maximum atomic E-state index is 13.7. The summed E-state index contributed by atoms with van der Waals surface area (Å²) in [5.74, 6) is 0. The van der Waals surface area contributed by atoms with Gasteiger partial charge in [-0.1, -0.05) is 54.1 Å². The van der Waals surface area contributed by atoms with Gasteiger partial charge in [-0.25, -0.2) is 8.42 Å². The van der Waals surface area contributed by atoms with Gasteiger partial charge in [-0.3, -0.25) is 9.52 Å². The lowest BCUT2D eigenvalue weighted by molar-refractivity contribution is -0.0428. The normalized spacial score (nSPS) is 17.8. The smallest absolute Gasteiger partial charge is 0.371 e. The Morgan fingerprint density at radius 2 is 1.56 bits per heavy atom. The van der Waals surface area contributed by atoms with E-state index < -0.39 is 26.3 Å². The van der Waals surface area contributed by atoms with E-state index in [0.717, 1.165) is 120 Å². The van der Waals surface area contributed by atoms with Gasteiger partial charge in [0, 0.05) is 81.9 Å². The molecule has 2 heterocycles. The molecule has 0 spiro atoms. The highest BCUT2D eigenvalue weighted by atomic mass is 35.5. The first kappa shape index (κ1) is 40.8. The van der Waals surface area contributed by atoms with Crippen LogP contribution in [0.3, 0.4) is 0 Å². The van der Waals surface area contributed by atoms with Crippen molar-refractivity contribution in [3.63, 3.8) is 0 Å². The lowest BCUT2D eigenvalue weighted by Gasteiger charge is -2.39. The molecule has 15 heteroatoms. The lowest BCUT2D eigenvalue weighted by Crippen LogP contribution is -2.46. The van der Waals surface area contributed by atoms with Gasteiger partial charge in [0.1, 0.15) is 0 Å². The van der Waals surface area contributed by atoms with Crippen LogP contribution in [0.15, 0.2) is 124 Å². The van der Waals surface area contributed by atoms with Crippen LogP contribution in [0.5, 0.6) is 0 Å². The highest BCUT2D eigenvalue weighted by Crippen LogP contribution is 2.40. The Morgan fingerprint density at radius 3 is 2.23 bits per heavy atom. The fourth-order valence-corrected chi connectivity index (χ4v) is 10.2. The summed E-state index contributed by atoms with van der Waals surface area (Å²) in [6, 6.07) is 23.5. The van der Waals surface area contributed by atoms with E-state index in [2.05, 4.69) is 36.0 Å². The minimum atomic E-state index is -5.56. The lowest BCUT2D eigenvalue weighted by atomic mass is 9.92. The molecular formula is C42H41ClF3N5O3S3. The third-order valence-corrected chi connectivity index (χ3v) is 14.1. The van der Waals surface area contributed by atoms with Gasteiger partial charge in [0.25, 0.3) is 9.84 Å². The Kier molecular flexibility index (Phi) is 12.4. The second-order valence-corrected chi connectivity index (χ2v) is 18.1. The Morgan fingerprint density at radius 1 is 0.877 bits per heavy atom. The van der Waals surface area contributed by atoms with Crippen LogP contribution in [0.2, 0.25) is 5.02 Å². The molecule has 0 bridgehead atoms. The average molecular weight is 852 g/mol. The molecule has 298 valence electrons. The van der Waals surface area contributed by atoms with Gasteiger partial charge < -0.3 is 19.1 Å². The molecule has 57 heavy (non-hydrogen) atoms. The summed E-state index contributed by atoms with van der Waals surface area (Å²) in [5.41, 5.74) is 3.18. The summed E-state index contributed by atoms with van der Waals surface area (Å²) in [7, 11) is -3.57. The zero-order valence-corrected chi connectivity index (χ0v) is 34.4. The molecule has 2 N–H and O–H groups in total. The first-order valence-electron chi connectivity index (χ1n) is 18.4. The molecule has 1 aromatic heterocycles. The summed E-state index contributed by atoms with van der Waals surface area (Å²) < 4.78 is 74.5. The zero-order valence-electron chi connectivity index (χ0n) is 31.2. The Bertz CT molecular complexity index is 2350. The van der Waals surface area contributed by atoms with E-state index in [4.69, 9.17) is 11.6 Å². The number of carbonyl (C=O) groups is 1. The number of piperazine rings is 1. The van der Waals surface area contributed by atoms with Crippen molar-refractivity contribution in [3.05, 3.63) is 141 Å². The fourth-order valence-electron chi connectivity index (χ4n) is 7.28. The molecule has 2 aliphatic carbocycles. The third-order valence-electron chi connectivity index (χ3n) is 10.4. The molecule has 4 aromatic rings. The van der Waals surface area contributed by atoms with E-state index in [9.17, 15) is 26.4 Å². The standard InChI is InChI=1S/C42H41ClF3N5O3S3/c1-28-37(27-52)40(41(49(28)2)29-11-13-31(43)14-12-29)30-7-6-8-34(25-30)51-23-21-50(22-24-51)33-17-15-32(16-18-33)47-56-36-19-20-38(48-55-35-9-4-3-5-10-35)39(26-36)57(53,54)42(44,45)46/h3-5,7,9-19,25-27,38,47-48H,6,8,20-24H2,1-2H3. The summed E-state index contributed by atoms with van der Waals surface area (Å²) >= 11 is 8.36. The van der Waals surface area contributed by atoms with Crippen molar-refractivity contribution in [2.45, 2.75) is 42.6 Å². The third kappa shape index (κ3) is 8.90. The quantitative estimate of drug-likeness (QED) is 0.107. The van der Waals surface area contributed by atoms with Crippen LogP contribution in [0.25, 0.3) is 16.8 Å². The topological polar surface area (TPSA) is 86.7 Å². The number of anilines is 2. The molecule has 1 atom stereocenters. The number of nitrogens with zero attached hydrogens (tertiary/aromatic N) is 3. The Balaban J connectivity index is 0.979. The first-order valence-corrected chi connectivity index (χ1v) is 21.9. The molecule has 1 unspecified atom stereocenters. The number of rotatable bonds is 12. The van der Waals surface area contributed by atoms with Gasteiger partial charge in [0.15, 0.2) is 6.29 Å². The van der Waals surface area contributed by atoms with Gasteiger partial charge in [-0.2, -0.15) is 13.2 Å². The van der Waals surface area contributed by atoms with Crippen molar-refractivity contribution < 1.29 is 26.4 Å². The molecule has 1 fully saturated rings. The maximum Gasteiger partial charge on any atom is 0.501 e. The number of aromatic nitrogens is 1. The van der Waals surface area contributed by atoms with Gasteiger partial charge in [-0.05, 0) is 122 Å². The fraction of sp³-hybridized carbons (Fsp3) is 0.262. The van der Waals surface area contributed by atoms with Crippen LogP contribution in [-0.4, -0.2) is 61.9 Å². The number of benzene rings is 3. The van der Waals surface area contributed by atoms with Crippen LogP contribution >= 0.6 is 35.5 Å². The van der Waals surface area contributed by atoms with Gasteiger partial charge in [0.2, 0.25) is 0 Å². The molecule has 0 radical (unpaired) electrons. The van der Waals surface area contributed by atoms with Crippen LogP contribution in [0.4, 0.5) is 24.5 Å². The van der Waals surface area contributed by atoms with E-state index in [1.165, 1.54) is 5.70 Å². The van der Waals surface area contributed by atoms with Crippen molar-refractivity contribution in [1.82, 2.24) is 14.2 Å². The second kappa shape index (κ2) is 17.3. The van der Waals surface area contributed by atoms with Gasteiger partial charge in [0.05, 0.1) is 16.6 Å². The van der Waals surface area contributed by atoms with Crippen LogP contribution in [0, 0.1) is 6.92 Å². The number of alkyl halides is 3. The Labute approximate surface area is 344 Å². The molecule has 0 amide bonds. The van der Waals surface area contributed by atoms with E-state index in [0.29, 0.717) is 15.5 Å². The van der Waals surface area contributed by atoms with Crippen molar-refractivity contribution >= 4 is 68.6 Å². The van der Waals surface area contributed by atoms with Crippen molar-refractivity contribution in [2.24, 2.45) is 7.05 Å². The number of hydrogen-bond acceptors (Lipinski definition) is 9. The SMILES string of the molecule is Cc1c(C=O)c(C2=CCCC(N3CCN(c4ccc(NSC5=CCC(NSc6ccccc6)C(S(=O)(=O)C(F)(F)F)=C5)cc4)CC3)=C2)c(-c2ccc(Cl)cc2)n1C. The van der Waals surface area contributed by atoms with E-state index in [-0.39, 0.29) is 6.42 Å². The largest absolute Gasteiger partial charge is 0.501 e. The number of halogens is 4. The first-order chi connectivity index (χ1) is 27.3.